The summed E-state index contributed by atoms with van der Waals surface area (Å²) in [4.78, 5) is 25.5. The van der Waals surface area contributed by atoms with Crippen molar-refractivity contribution in [1.82, 2.24) is 4.90 Å². The molecule has 1 aromatic rings. The van der Waals surface area contributed by atoms with Crippen molar-refractivity contribution in [2.45, 2.75) is 26.3 Å². The maximum absolute atomic E-state index is 12.5. The summed E-state index contributed by atoms with van der Waals surface area (Å²) >= 11 is 0. The van der Waals surface area contributed by atoms with Gasteiger partial charge in [-0.05, 0) is 12.0 Å². The van der Waals surface area contributed by atoms with Gasteiger partial charge in [0.25, 0.3) is 0 Å². The van der Waals surface area contributed by atoms with Crippen LogP contribution in [-0.4, -0.2) is 43.8 Å². The van der Waals surface area contributed by atoms with E-state index in [-0.39, 0.29) is 30.9 Å². The summed E-state index contributed by atoms with van der Waals surface area (Å²) < 4.78 is 15.4. The quantitative estimate of drug-likeness (QED) is 0.835. The minimum Gasteiger partial charge on any atom is -0.497 e. The molecule has 0 N–H and O–H groups in total. The minimum absolute atomic E-state index is 0.0749. The van der Waals surface area contributed by atoms with Crippen LogP contribution in [0, 0.1) is 5.92 Å². The Morgan fingerprint density at radius 2 is 2.09 bits per heavy atom. The fraction of sp³-hybridized carbons (Fsp3) is 0.500. The van der Waals surface area contributed by atoms with E-state index < -0.39 is 6.09 Å². The molecular formula is C16H21NO5. The van der Waals surface area contributed by atoms with Gasteiger partial charge < -0.3 is 14.2 Å². The van der Waals surface area contributed by atoms with Crippen molar-refractivity contribution in [1.29, 1.82) is 0 Å². The molecule has 2 rings (SSSR count). The van der Waals surface area contributed by atoms with Gasteiger partial charge in [-0.15, -0.1) is 0 Å². The zero-order chi connectivity index (χ0) is 16.3. The predicted molar refractivity (Wildman–Crippen MR) is 80.1 cm³/mol. The molecule has 0 bridgehead atoms. The highest BCUT2D eigenvalue weighted by molar-refractivity contribution is 5.94. The number of methoxy groups -OCH3 is 2. The second-order valence-electron chi connectivity index (χ2n) is 5.51. The lowest BCUT2D eigenvalue weighted by molar-refractivity contribution is -0.129. The summed E-state index contributed by atoms with van der Waals surface area (Å²) in [5.74, 6) is 1.06. The average molecular weight is 307 g/mol. The second kappa shape index (κ2) is 6.68. The van der Waals surface area contributed by atoms with Gasteiger partial charge in [-0.2, -0.15) is 0 Å². The van der Waals surface area contributed by atoms with Crippen LogP contribution in [0.15, 0.2) is 18.2 Å². The average Bonchev–Trinajstić information content (AvgIpc) is 2.89. The van der Waals surface area contributed by atoms with Crippen LogP contribution in [0.5, 0.6) is 11.5 Å². The maximum atomic E-state index is 12.5. The van der Waals surface area contributed by atoms with Crippen LogP contribution in [0.3, 0.4) is 0 Å². The summed E-state index contributed by atoms with van der Waals surface area (Å²) in [7, 11) is 3.09. The molecule has 0 aromatic heterocycles. The van der Waals surface area contributed by atoms with E-state index in [2.05, 4.69) is 0 Å². The molecule has 1 saturated heterocycles. The number of benzene rings is 1. The molecule has 120 valence electrons. The van der Waals surface area contributed by atoms with E-state index in [1.54, 1.807) is 25.3 Å². The highest BCUT2D eigenvalue weighted by atomic mass is 16.6. The molecule has 6 heteroatoms. The number of cyclic esters (lactones) is 1. The van der Waals surface area contributed by atoms with Crippen molar-refractivity contribution in [3.8, 4) is 11.5 Å². The van der Waals surface area contributed by atoms with Crippen molar-refractivity contribution in [2.24, 2.45) is 5.92 Å². The first-order valence-electron chi connectivity index (χ1n) is 7.17. The standard InChI is InChI=1S/C16H21NO5/c1-10(2)13-9-22-16(19)17(13)15(18)7-11-5-6-12(20-3)8-14(11)21-4/h5-6,8,10,13H,7,9H2,1-4H3/t13-/m1/s1. The Labute approximate surface area is 129 Å². The number of nitrogens with zero attached hydrogens (tertiary/aromatic N) is 1. The molecule has 0 radical (unpaired) electrons. The van der Waals surface area contributed by atoms with Crippen LogP contribution < -0.4 is 9.47 Å². The van der Waals surface area contributed by atoms with Crippen LogP contribution in [0.4, 0.5) is 4.79 Å². The van der Waals surface area contributed by atoms with Crippen LogP contribution in [0.25, 0.3) is 0 Å². The van der Waals surface area contributed by atoms with E-state index in [4.69, 9.17) is 14.2 Å². The van der Waals surface area contributed by atoms with Crippen molar-refractivity contribution in [2.75, 3.05) is 20.8 Å². The summed E-state index contributed by atoms with van der Waals surface area (Å²) in [6.07, 6.45) is -0.498. The number of carbonyl (C=O) groups is 2. The number of rotatable bonds is 5. The van der Waals surface area contributed by atoms with Crippen molar-refractivity contribution in [3.05, 3.63) is 23.8 Å². The monoisotopic (exact) mass is 307 g/mol. The van der Waals surface area contributed by atoms with E-state index in [1.807, 2.05) is 13.8 Å². The van der Waals surface area contributed by atoms with Gasteiger partial charge in [0.2, 0.25) is 5.91 Å². The lowest BCUT2D eigenvalue weighted by atomic mass is 10.0. The van der Waals surface area contributed by atoms with Gasteiger partial charge in [-0.25, -0.2) is 9.69 Å². The van der Waals surface area contributed by atoms with Gasteiger partial charge in [-0.1, -0.05) is 19.9 Å². The van der Waals surface area contributed by atoms with Crippen molar-refractivity contribution >= 4 is 12.0 Å². The smallest absolute Gasteiger partial charge is 0.416 e. The first kappa shape index (κ1) is 16.1. The Balaban J connectivity index is 2.19. The van der Waals surface area contributed by atoms with Gasteiger partial charge in [0.05, 0.1) is 26.7 Å². The highest BCUT2D eigenvalue weighted by Crippen LogP contribution is 2.27. The van der Waals surface area contributed by atoms with Crippen LogP contribution in [-0.2, 0) is 16.0 Å². The fourth-order valence-electron chi connectivity index (χ4n) is 2.46. The molecule has 6 nitrogen and oxygen atoms in total. The Bertz CT molecular complexity index is 570. The van der Waals surface area contributed by atoms with E-state index in [0.29, 0.717) is 17.1 Å². The number of carbonyl (C=O) groups excluding carboxylic acids is 2. The Morgan fingerprint density at radius 1 is 1.36 bits per heavy atom. The Hall–Kier alpha value is -2.24. The molecule has 0 unspecified atom stereocenters. The second-order valence-corrected chi connectivity index (χ2v) is 5.51. The molecule has 2 amide bonds. The third-order valence-corrected chi connectivity index (χ3v) is 3.78. The topological polar surface area (TPSA) is 65.1 Å². The van der Waals surface area contributed by atoms with E-state index in [9.17, 15) is 9.59 Å². The summed E-state index contributed by atoms with van der Waals surface area (Å²) in [5.41, 5.74) is 0.704. The van der Waals surface area contributed by atoms with Crippen LogP contribution >= 0.6 is 0 Å². The number of amides is 2. The lowest BCUT2D eigenvalue weighted by Gasteiger charge is -2.22. The van der Waals surface area contributed by atoms with Crippen molar-refractivity contribution in [3.63, 3.8) is 0 Å². The summed E-state index contributed by atoms with van der Waals surface area (Å²) in [5, 5.41) is 0. The Morgan fingerprint density at radius 3 is 2.68 bits per heavy atom. The number of hydrogen-bond donors (Lipinski definition) is 0. The molecule has 1 aliphatic rings. The molecular weight excluding hydrogens is 286 g/mol. The Kier molecular flexibility index (Phi) is 4.90. The van der Waals surface area contributed by atoms with Gasteiger partial charge >= 0.3 is 6.09 Å². The maximum Gasteiger partial charge on any atom is 0.416 e. The molecule has 1 heterocycles. The minimum atomic E-state index is -0.573. The van der Waals surface area contributed by atoms with Gasteiger partial charge in [0.15, 0.2) is 0 Å². The van der Waals surface area contributed by atoms with Crippen LogP contribution in [0.2, 0.25) is 0 Å². The summed E-state index contributed by atoms with van der Waals surface area (Å²) in [6.45, 7) is 4.17. The van der Waals surface area contributed by atoms with Gasteiger partial charge in [0.1, 0.15) is 18.1 Å². The van der Waals surface area contributed by atoms with Gasteiger partial charge in [-0.3, -0.25) is 4.79 Å². The molecule has 0 spiro atoms. The third kappa shape index (κ3) is 3.16. The zero-order valence-electron chi connectivity index (χ0n) is 13.3. The first-order valence-corrected chi connectivity index (χ1v) is 7.17. The van der Waals surface area contributed by atoms with Gasteiger partial charge in [0, 0.05) is 11.6 Å². The third-order valence-electron chi connectivity index (χ3n) is 3.78. The molecule has 1 atom stereocenters. The largest absolute Gasteiger partial charge is 0.497 e. The predicted octanol–water partition coefficient (Wildman–Crippen LogP) is 2.25. The van der Waals surface area contributed by atoms with E-state index in [1.165, 1.54) is 12.0 Å². The molecule has 0 saturated carbocycles. The molecule has 1 aliphatic heterocycles. The zero-order valence-corrected chi connectivity index (χ0v) is 13.3. The normalized spacial score (nSPS) is 17.6. The lowest BCUT2D eigenvalue weighted by Crippen LogP contribution is -2.42. The van der Waals surface area contributed by atoms with E-state index in [0.717, 1.165) is 0 Å². The van der Waals surface area contributed by atoms with Crippen molar-refractivity contribution < 1.29 is 23.8 Å². The van der Waals surface area contributed by atoms with Crippen LogP contribution in [0.1, 0.15) is 19.4 Å². The SMILES string of the molecule is COc1ccc(CC(=O)N2C(=O)OC[C@@H]2C(C)C)c(OC)c1. The molecule has 0 aliphatic carbocycles. The fourth-order valence-corrected chi connectivity index (χ4v) is 2.46. The number of imide groups is 1. The number of hydrogen-bond acceptors (Lipinski definition) is 5. The molecule has 22 heavy (non-hydrogen) atoms. The highest BCUT2D eigenvalue weighted by Gasteiger charge is 2.39. The summed E-state index contributed by atoms with van der Waals surface area (Å²) in [6, 6.07) is 5.02. The molecule has 1 fully saturated rings. The molecule has 1 aromatic carbocycles. The number of ether oxygens (including phenoxy) is 3. The van der Waals surface area contributed by atoms with E-state index >= 15 is 0 Å². The first-order chi connectivity index (χ1) is 10.5.